The van der Waals surface area contributed by atoms with E-state index < -0.39 is 0 Å². The number of nitrogens with one attached hydrogen (secondary N) is 1. The highest BCUT2D eigenvalue weighted by molar-refractivity contribution is 7.98. The lowest BCUT2D eigenvalue weighted by Crippen LogP contribution is -2.68. The van der Waals surface area contributed by atoms with E-state index in [0.29, 0.717) is 26.4 Å². The van der Waals surface area contributed by atoms with Crippen molar-refractivity contribution in [1.82, 2.24) is 15.2 Å². The molecule has 1 aromatic heterocycles. The first-order valence-electron chi connectivity index (χ1n) is 8.61. The van der Waals surface area contributed by atoms with Crippen molar-refractivity contribution in [1.29, 1.82) is 0 Å². The van der Waals surface area contributed by atoms with Gasteiger partial charge in [0, 0.05) is 25.2 Å². The predicted molar refractivity (Wildman–Crippen MR) is 95.5 cm³/mol. The first kappa shape index (κ1) is 16.9. The van der Waals surface area contributed by atoms with Gasteiger partial charge in [-0.2, -0.15) is 0 Å². The molecule has 6 nitrogen and oxygen atoms in total. The zero-order valence-electron chi connectivity index (χ0n) is 14.5. The molecular weight excluding hydrogens is 338 g/mol. The molecule has 1 N–H and O–H groups in total. The molecule has 2 atom stereocenters. The second kappa shape index (κ2) is 6.63. The maximum absolute atomic E-state index is 12.5. The molecule has 1 amide bonds. The van der Waals surface area contributed by atoms with E-state index in [4.69, 9.17) is 9.47 Å². The molecule has 0 bridgehead atoms. The van der Waals surface area contributed by atoms with E-state index in [1.54, 1.807) is 11.8 Å². The molecule has 4 heterocycles. The Balaban J connectivity index is 1.62. The molecule has 134 valence electrons. The van der Waals surface area contributed by atoms with Crippen LogP contribution in [0.15, 0.2) is 35.1 Å². The number of carbonyl (C=O) groups is 1. The molecule has 0 saturated carbocycles. The zero-order chi connectivity index (χ0) is 17.4. The summed E-state index contributed by atoms with van der Waals surface area (Å²) in [7, 11) is 0. The van der Waals surface area contributed by atoms with E-state index in [1.165, 1.54) is 5.56 Å². The van der Waals surface area contributed by atoms with E-state index in [9.17, 15) is 4.79 Å². The van der Waals surface area contributed by atoms with Crippen LogP contribution in [0.5, 0.6) is 0 Å². The fourth-order valence-corrected chi connectivity index (χ4v) is 4.15. The van der Waals surface area contributed by atoms with E-state index in [2.05, 4.69) is 34.3 Å². The van der Waals surface area contributed by atoms with Crippen LogP contribution in [-0.4, -0.2) is 66.6 Å². The fraction of sp³-hybridized carbons (Fsp3) is 0.556. The van der Waals surface area contributed by atoms with Gasteiger partial charge >= 0.3 is 0 Å². The molecule has 3 aliphatic rings. The SMILES string of the molecule is CSc1cc(C2C=C(N3CCOC4(COC4)C3C)C(=O)NC2)ccn1. The van der Waals surface area contributed by atoms with Gasteiger partial charge in [0.15, 0.2) is 0 Å². The fourth-order valence-electron chi connectivity index (χ4n) is 3.73. The Labute approximate surface area is 152 Å². The minimum Gasteiger partial charge on any atom is -0.375 e. The number of thioether (sulfide) groups is 1. The molecule has 1 aromatic rings. The molecule has 2 saturated heterocycles. The van der Waals surface area contributed by atoms with Gasteiger partial charge in [-0.15, -0.1) is 11.8 Å². The lowest BCUT2D eigenvalue weighted by Gasteiger charge is -2.53. The number of ether oxygens (including phenoxy) is 2. The lowest BCUT2D eigenvalue weighted by molar-refractivity contribution is -0.255. The Morgan fingerprint density at radius 3 is 3.00 bits per heavy atom. The Morgan fingerprint density at radius 1 is 1.44 bits per heavy atom. The lowest BCUT2D eigenvalue weighted by atomic mass is 9.88. The molecule has 1 spiro atoms. The quantitative estimate of drug-likeness (QED) is 0.821. The third kappa shape index (κ3) is 2.94. The van der Waals surface area contributed by atoms with Gasteiger partial charge in [-0.05, 0) is 37.0 Å². The van der Waals surface area contributed by atoms with Gasteiger partial charge in [-0.1, -0.05) is 0 Å². The van der Waals surface area contributed by atoms with Crippen LogP contribution in [0.4, 0.5) is 0 Å². The van der Waals surface area contributed by atoms with Gasteiger partial charge in [0.25, 0.3) is 5.91 Å². The third-order valence-corrected chi connectivity index (χ3v) is 6.06. The Morgan fingerprint density at radius 2 is 2.28 bits per heavy atom. The first-order valence-corrected chi connectivity index (χ1v) is 9.84. The van der Waals surface area contributed by atoms with Crippen LogP contribution in [0.25, 0.3) is 0 Å². The minimum absolute atomic E-state index is 0.000428. The van der Waals surface area contributed by atoms with E-state index in [0.717, 1.165) is 17.3 Å². The maximum Gasteiger partial charge on any atom is 0.267 e. The summed E-state index contributed by atoms with van der Waals surface area (Å²) in [6.45, 7) is 5.29. The van der Waals surface area contributed by atoms with Gasteiger partial charge in [-0.3, -0.25) is 4.79 Å². The minimum atomic E-state index is -0.269. The molecule has 0 aromatic carbocycles. The summed E-state index contributed by atoms with van der Waals surface area (Å²) in [6, 6.07) is 4.25. The van der Waals surface area contributed by atoms with Crippen LogP contribution in [0.1, 0.15) is 18.4 Å². The number of hydrogen-bond acceptors (Lipinski definition) is 6. The summed E-state index contributed by atoms with van der Waals surface area (Å²) >= 11 is 1.63. The van der Waals surface area contributed by atoms with Crippen LogP contribution in [-0.2, 0) is 14.3 Å². The normalized spacial score (nSPS) is 28.3. The summed E-state index contributed by atoms with van der Waals surface area (Å²) in [4.78, 5) is 19.1. The molecule has 25 heavy (non-hydrogen) atoms. The number of hydrogen-bond donors (Lipinski definition) is 1. The van der Waals surface area contributed by atoms with Gasteiger partial charge in [0.1, 0.15) is 5.60 Å². The molecule has 7 heteroatoms. The summed E-state index contributed by atoms with van der Waals surface area (Å²) in [5.74, 6) is 0.157. The summed E-state index contributed by atoms with van der Waals surface area (Å²) in [6.07, 6.45) is 5.96. The second-order valence-corrected chi connectivity index (χ2v) is 7.60. The summed E-state index contributed by atoms with van der Waals surface area (Å²) in [5, 5.41) is 4.05. The maximum atomic E-state index is 12.5. The van der Waals surface area contributed by atoms with Gasteiger partial charge in [0.2, 0.25) is 0 Å². The number of morpholine rings is 1. The van der Waals surface area contributed by atoms with E-state index in [1.807, 2.05) is 18.5 Å². The average Bonchev–Trinajstić information content (AvgIpc) is 2.61. The van der Waals surface area contributed by atoms with Crippen LogP contribution < -0.4 is 5.32 Å². The molecule has 2 unspecified atom stereocenters. The highest BCUT2D eigenvalue weighted by Gasteiger charge is 2.50. The highest BCUT2D eigenvalue weighted by Crippen LogP contribution is 2.35. The molecule has 4 rings (SSSR count). The molecule has 0 radical (unpaired) electrons. The zero-order valence-corrected chi connectivity index (χ0v) is 15.3. The number of carbonyl (C=O) groups excluding carboxylic acids is 1. The van der Waals surface area contributed by atoms with E-state index >= 15 is 0 Å². The summed E-state index contributed by atoms with van der Waals surface area (Å²) in [5.41, 5.74) is 1.66. The Hall–Kier alpha value is -1.57. The number of amides is 1. The van der Waals surface area contributed by atoms with Crippen LogP contribution in [0, 0.1) is 0 Å². The van der Waals surface area contributed by atoms with Crippen LogP contribution in [0.2, 0.25) is 0 Å². The van der Waals surface area contributed by atoms with Crippen molar-refractivity contribution in [3.8, 4) is 0 Å². The van der Waals surface area contributed by atoms with Crippen molar-refractivity contribution in [3.63, 3.8) is 0 Å². The van der Waals surface area contributed by atoms with Gasteiger partial charge in [0.05, 0.1) is 36.6 Å². The monoisotopic (exact) mass is 361 g/mol. The number of nitrogens with zero attached hydrogens (tertiary/aromatic N) is 2. The summed E-state index contributed by atoms with van der Waals surface area (Å²) < 4.78 is 11.4. The van der Waals surface area contributed by atoms with Crippen molar-refractivity contribution in [3.05, 3.63) is 35.7 Å². The van der Waals surface area contributed by atoms with E-state index in [-0.39, 0.29) is 23.5 Å². The molecular formula is C18H23N3O3S. The average molecular weight is 361 g/mol. The molecule has 3 aliphatic heterocycles. The standard InChI is InChI=1S/C18H23N3O3S/c1-12-18(10-23-11-18)24-6-5-21(12)15-7-14(9-20-17(15)22)13-3-4-19-16(8-13)25-2/h3-4,7-8,12,14H,5-6,9-11H2,1-2H3,(H,20,22). The van der Waals surface area contributed by atoms with Crippen molar-refractivity contribution >= 4 is 17.7 Å². The van der Waals surface area contributed by atoms with Crippen molar-refractivity contribution in [2.75, 3.05) is 39.2 Å². The first-order chi connectivity index (χ1) is 12.1. The Bertz CT molecular complexity index is 705. The second-order valence-electron chi connectivity index (χ2n) is 6.78. The molecule has 2 fully saturated rings. The van der Waals surface area contributed by atoms with Gasteiger partial charge < -0.3 is 19.7 Å². The number of aromatic nitrogens is 1. The largest absolute Gasteiger partial charge is 0.375 e. The predicted octanol–water partition coefficient (Wildman–Crippen LogP) is 1.39. The van der Waals surface area contributed by atoms with Crippen molar-refractivity contribution < 1.29 is 14.3 Å². The number of pyridine rings is 1. The third-order valence-electron chi connectivity index (χ3n) is 5.42. The Kier molecular flexibility index (Phi) is 4.47. The van der Waals surface area contributed by atoms with Crippen LogP contribution >= 0.6 is 11.8 Å². The topological polar surface area (TPSA) is 63.7 Å². The smallest absolute Gasteiger partial charge is 0.267 e. The van der Waals surface area contributed by atoms with Crippen molar-refractivity contribution in [2.45, 2.75) is 29.5 Å². The van der Waals surface area contributed by atoms with Crippen LogP contribution in [0.3, 0.4) is 0 Å². The van der Waals surface area contributed by atoms with Crippen molar-refractivity contribution in [2.24, 2.45) is 0 Å². The highest BCUT2D eigenvalue weighted by atomic mass is 32.2. The number of rotatable bonds is 3. The van der Waals surface area contributed by atoms with Gasteiger partial charge in [-0.25, -0.2) is 4.98 Å². The molecule has 0 aliphatic carbocycles.